The van der Waals surface area contributed by atoms with Gasteiger partial charge in [0.1, 0.15) is 10.7 Å². The molecule has 0 fully saturated rings. The lowest BCUT2D eigenvalue weighted by atomic mass is 9.89. The van der Waals surface area contributed by atoms with Crippen LogP contribution in [0.3, 0.4) is 0 Å². The third-order valence-electron chi connectivity index (χ3n) is 4.71. The van der Waals surface area contributed by atoms with E-state index >= 15 is 0 Å². The van der Waals surface area contributed by atoms with Crippen LogP contribution >= 0.6 is 22.9 Å². The number of amides is 1. The molecular weight excluding hydrogens is 374 g/mol. The largest absolute Gasteiger partial charge is 0.292 e. The summed E-state index contributed by atoms with van der Waals surface area (Å²) in [6.07, 6.45) is 4.44. The van der Waals surface area contributed by atoms with Crippen LogP contribution in [0.4, 0.5) is 0 Å². The van der Waals surface area contributed by atoms with Gasteiger partial charge in [-0.2, -0.15) is 5.10 Å². The zero-order valence-corrected chi connectivity index (χ0v) is 16.2. The Balaban J connectivity index is 1.79. The van der Waals surface area contributed by atoms with Crippen molar-refractivity contribution in [2.24, 2.45) is 13.0 Å². The van der Waals surface area contributed by atoms with Gasteiger partial charge in [0.2, 0.25) is 0 Å². The molecule has 3 aromatic rings. The van der Waals surface area contributed by atoms with E-state index in [2.05, 4.69) is 22.4 Å². The Labute approximate surface area is 158 Å². The standard InChI is InChI=1S/C17H18ClN5O2S/c1-8-4-5-10-12(6-8)26-16-13(10)17(25)23(9(2)19-16)21-15(24)14-11(18)7-22(3)20-14/h7-8H,4-6H2,1-3H3,(H,21,24)/t8-/m0/s1. The highest BCUT2D eigenvalue weighted by molar-refractivity contribution is 7.18. The number of aromatic nitrogens is 4. The third-order valence-corrected chi connectivity index (χ3v) is 6.13. The minimum absolute atomic E-state index is 0.0711. The first kappa shape index (κ1) is 17.2. The molecule has 0 saturated heterocycles. The highest BCUT2D eigenvalue weighted by Gasteiger charge is 2.25. The second kappa shape index (κ2) is 6.21. The maximum absolute atomic E-state index is 13.1. The van der Waals surface area contributed by atoms with Crippen molar-refractivity contribution in [1.82, 2.24) is 19.4 Å². The van der Waals surface area contributed by atoms with Gasteiger partial charge in [-0.25, -0.2) is 9.66 Å². The fourth-order valence-electron chi connectivity index (χ4n) is 3.39. The van der Waals surface area contributed by atoms with Crippen LogP contribution in [0, 0.1) is 12.8 Å². The summed E-state index contributed by atoms with van der Waals surface area (Å²) in [4.78, 5) is 32.1. The van der Waals surface area contributed by atoms with E-state index in [1.807, 2.05) is 0 Å². The first-order valence-electron chi connectivity index (χ1n) is 8.39. The zero-order valence-electron chi connectivity index (χ0n) is 14.7. The maximum Gasteiger partial charge on any atom is 0.292 e. The molecule has 1 aliphatic carbocycles. The van der Waals surface area contributed by atoms with E-state index in [1.54, 1.807) is 25.3 Å². The number of hydrogen-bond acceptors (Lipinski definition) is 5. The van der Waals surface area contributed by atoms with Gasteiger partial charge in [-0.1, -0.05) is 18.5 Å². The van der Waals surface area contributed by atoms with Crippen molar-refractivity contribution < 1.29 is 4.79 Å². The van der Waals surface area contributed by atoms with Gasteiger partial charge in [0.25, 0.3) is 11.5 Å². The van der Waals surface area contributed by atoms with Gasteiger partial charge in [0, 0.05) is 18.1 Å². The van der Waals surface area contributed by atoms with Crippen LogP contribution in [0.25, 0.3) is 10.2 Å². The molecule has 3 heterocycles. The van der Waals surface area contributed by atoms with Crippen LogP contribution in [0.1, 0.15) is 40.1 Å². The number of nitrogens with zero attached hydrogens (tertiary/aromatic N) is 4. The summed E-state index contributed by atoms with van der Waals surface area (Å²) in [5, 5.41) is 4.88. The van der Waals surface area contributed by atoms with E-state index < -0.39 is 5.91 Å². The topological polar surface area (TPSA) is 81.8 Å². The minimum atomic E-state index is -0.542. The molecule has 4 rings (SSSR count). The van der Waals surface area contributed by atoms with Crippen molar-refractivity contribution in [1.29, 1.82) is 0 Å². The van der Waals surface area contributed by atoms with E-state index in [0.29, 0.717) is 17.1 Å². The van der Waals surface area contributed by atoms with E-state index in [9.17, 15) is 9.59 Å². The van der Waals surface area contributed by atoms with Crippen LogP contribution < -0.4 is 11.0 Å². The lowest BCUT2D eigenvalue weighted by Crippen LogP contribution is -2.36. The number of fused-ring (bicyclic) bond motifs is 3. The van der Waals surface area contributed by atoms with Crippen molar-refractivity contribution >= 4 is 39.1 Å². The number of thiophene rings is 1. The van der Waals surface area contributed by atoms with E-state index in [-0.39, 0.29) is 16.3 Å². The van der Waals surface area contributed by atoms with Crippen LogP contribution in [-0.2, 0) is 19.9 Å². The molecule has 0 spiro atoms. The zero-order chi connectivity index (χ0) is 18.6. The summed E-state index contributed by atoms with van der Waals surface area (Å²) in [6.45, 7) is 3.92. The highest BCUT2D eigenvalue weighted by atomic mass is 35.5. The van der Waals surface area contributed by atoms with Gasteiger partial charge in [0.15, 0.2) is 5.69 Å². The van der Waals surface area contributed by atoms with Crippen molar-refractivity contribution in [2.45, 2.75) is 33.1 Å². The molecule has 1 aliphatic rings. The van der Waals surface area contributed by atoms with Gasteiger partial charge in [-0.05, 0) is 37.7 Å². The second-order valence-corrected chi connectivity index (χ2v) is 8.26. The Bertz CT molecular complexity index is 1100. The number of carbonyl (C=O) groups is 1. The minimum Gasteiger partial charge on any atom is -0.273 e. The van der Waals surface area contributed by atoms with Crippen LogP contribution in [-0.4, -0.2) is 25.3 Å². The Morgan fingerprint density at radius 2 is 2.23 bits per heavy atom. The first-order valence-corrected chi connectivity index (χ1v) is 9.59. The van der Waals surface area contributed by atoms with Crippen molar-refractivity contribution in [3.8, 4) is 0 Å². The number of hydrogen-bond donors (Lipinski definition) is 1. The molecule has 9 heteroatoms. The van der Waals surface area contributed by atoms with Crippen LogP contribution in [0.15, 0.2) is 11.0 Å². The molecule has 136 valence electrons. The summed E-state index contributed by atoms with van der Waals surface area (Å²) in [5.41, 5.74) is 3.50. The quantitative estimate of drug-likeness (QED) is 0.728. The van der Waals surface area contributed by atoms with E-state index in [1.165, 1.54) is 20.4 Å². The summed E-state index contributed by atoms with van der Waals surface area (Å²) in [5.74, 6) is 0.499. The predicted octanol–water partition coefficient (Wildman–Crippen LogP) is 2.66. The van der Waals surface area contributed by atoms with Crippen molar-refractivity contribution in [3.63, 3.8) is 0 Å². The van der Waals surface area contributed by atoms with Gasteiger partial charge in [-0.3, -0.25) is 19.7 Å². The smallest absolute Gasteiger partial charge is 0.273 e. The van der Waals surface area contributed by atoms with Gasteiger partial charge < -0.3 is 0 Å². The fourth-order valence-corrected chi connectivity index (χ4v) is 5.07. The summed E-state index contributed by atoms with van der Waals surface area (Å²) in [7, 11) is 1.67. The van der Waals surface area contributed by atoms with E-state index in [0.717, 1.165) is 29.7 Å². The molecule has 0 aromatic carbocycles. The Morgan fingerprint density at radius 1 is 1.46 bits per heavy atom. The molecule has 1 amide bonds. The third kappa shape index (κ3) is 2.73. The molecular formula is C17H18ClN5O2S. The average Bonchev–Trinajstić information content (AvgIpc) is 3.09. The molecule has 26 heavy (non-hydrogen) atoms. The molecule has 0 radical (unpaired) electrons. The lowest BCUT2D eigenvalue weighted by molar-refractivity contribution is 0.100. The number of halogens is 1. The first-order chi connectivity index (χ1) is 12.3. The maximum atomic E-state index is 13.1. The van der Waals surface area contributed by atoms with E-state index in [4.69, 9.17) is 11.6 Å². The summed E-state index contributed by atoms with van der Waals surface area (Å²) in [6, 6.07) is 0. The molecule has 0 unspecified atom stereocenters. The Kier molecular flexibility index (Phi) is 4.11. The SMILES string of the molecule is Cc1nc2sc3c(c2c(=O)n1NC(=O)c1nn(C)cc1Cl)CC[C@H](C)C3. The lowest BCUT2D eigenvalue weighted by Gasteiger charge is -2.17. The van der Waals surface area contributed by atoms with Crippen LogP contribution in [0.2, 0.25) is 5.02 Å². The molecule has 0 saturated carbocycles. The fraction of sp³-hybridized carbons (Fsp3) is 0.412. The predicted molar refractivity (Wildman–Crippen MR) is 102 cm³/mol. The summed E-state index contributed by atoms with van der Waals surface area (Å²) >= 11 is 7.61. The number of rotatable bonds is 2. The second-order valence-electron chi connectivity index (χ2n) is 6.77. The Morgan fingerprint density at radius 3 is 2.92 bits per heavy atom. The van der Waals surface area contributed by atoms with Crippen molar-refractivity contribution in [3.05, 3.63) is 43.5 Å². The molecule has 1 N–H and O–H groups in total. The molecule has 0 aliphatic heterocycles. The normalized spacial score (nSPS) is 16.7. The molecule has 7 nitrogen and oxygen atoms in total. The van der Waals surface area contributed by atoms with Gasteiger partial charge in [0.05, 0.1) is 10.4 Å². The van der Waals surface area contributed by atoms with Crippen molar-refractivity contribution in [2.75, 3.05) is 5.43 Å². The highest BCUT2D eigenvalue weighted by Crippen LogP contribution is 2.35. The Hall–Kier alpha value is -2.19. The van der Waals surface area contributed by atoms with Gasteiger partial charge >= 0.3 is 0 Å². The molecule has 3 aromatic heterocycles. The summed E-state index contributed by atoms with van der Waals surface area (Å²) < 4.78 is 2.64. The number of nitrogens with one attached hydrogen (secondary N) is 1. The monoisotopic (exact) mass is 391 g/mol. The average molecular weight is 392 g/mol. The molecule has 1 atom stereocenters. The molecule has 0 bridgehead atoms. The number of carbonyl (C=O) groups excluding carboxylic acids is 1. The number of aryl methyl sites for hydroxylation is 3. The van der Waals surface area contributed by atoms with Crippen LogP contribution in [0.5, 0.6) is 0 Å². The van der Waals surface area contributed by atoms with Gasteiger partial charge in [-0.15, -0.1) is 11.3 Å².